The summed E-state index contributed by atoms with van der Waals surface area (Å²) >= 11 is 3.51. The molecular formula is C11H14BrN3O. The van der Waals surface area contributed by atoms with Crippen LogP contribution in [-0.4, -0.2) is 9.78 Å². The second kappa shape index (κ2) is 4.43. The Labute approximate surface area is 103 Å². The lowest BCUT2D eigenvalue weighted by Gasteiger charge is -2.03. The van der Waals surface area contributed by atoms with Crippen LogP contribution < -0.4 is 5.73 Å². The van der Waals surface area contributed by atoms with E-state index >= 15 is 0 Å². The fourth-order valence-corrected chi connectivity index (χ4v) is 1.96. The number of rotatable bonds is 3. The first-order valence-corrected chi connectivity index (χ1v) is 5.87. The van der Waals surface area contributed by atoms with Gasteiger partial charge in [0.2, 0.25) is 0 Å². The van der Waals surface area contributed by atoms with E-state index in [1.807, 2.05) is 24.6 Å². The summed E-state index contributed by atoms with van der Waals surface area (Å²) in [6.45, 7) is 5.13. The Morgan fingerprint density at radius 3 is 2.81 bits per heavy atom. The molecule has 0 saturated heterocycles. The number of halogens is 1. The summed E-state index contributed by atoms with van der Waals surface area (Å²) in [4.78, 5) is 0. The minimum Gasteiger partial charge on any atom is -0.468 e. The van der Waals surface area contributed by atoms with Crippen LogP contribution >= 0.6 is 15.9 Å². The second-order valence-electron chi connectivity index (χ2n) is 3.72. The van der Waals surface area contributed by atoms with Crippen LogP contribution in [0.3, 0.4) is 0 Å². The van der Waals surface area contributed by atoms with Gasteiger partial charge < -0.3 is 10.2 Å². The van der Waals surface area contributed by atoms with Gasteiger partial charge in [-0.15, -0.1) is 0 Å². The number of aromatic nitrogens is 2. The molecule has 2 rings (SSSR count). The number of furan rings is 1. The molecule has 2 aromatic rings. The molecular weight excluding hydrogens is 270 g/mol. The monoisotopic (exact) mass is 283 g/mol. The van der Waals surface area contributed by atoms with Gasteiger partial charge in [0.15, 0.2) is 0 Å². The van der Waals surface area contributed by atoms with Crippen molar-refractivity contribution >= 4 is 15.9 Å². The molecule has 0 radical (unpaired) electrons. The molecule has 0 aliphatic carbocycles. The van der Waals surface area contributed by atoms with Crippen molar-refractivity contribution in [2.75, 3.05) is 0 Å². The van der Waals surface area contributed by atoms with E-state index in [-0.39, 0.29) is 0 Å². The summed E-state index contributed by atoms with van der Waals surface area (Å²) in [7, 11) is 0. The Bertz CT molecular complexity index is 501. The summed E-state index contributed by atoms with van der Waals surface area (Å²) in [5.74, 6) is 0.823. The fourth-order valence-electron chi connectivity index (χ4n) is 1.68. The van der Waals surface area contributed by atoms with Gasteiger partial charge in [0.05, 0.1) is 35.2 Å². The van der Waals surface area contributed by atoms with Crippen LogP contribution in [0.1, 0.15) is 22.7 Å². The largest absolute Gasteiger partial charge is 0.468 e. The molecule has 0 aliphatic rings. The normalized spacial score (nSPS) is 11.0. The number of hydrogen-bond donors (Lipinski definition) is 1. The predicted molar refractivity (Wildman–Crippen MR) is 65.1 cm³/mol. The van der Waals surface area contributed by atoms with Crippen LogP contribution in [0.15, 0.2) is 21.2 Å². The highest BCUT2D eigenvalue weighted by Gasteiger charge is 2.11. The van der Waals surface area contributed by atoms with Gasteiger partial charge in [0.1, 0.15) is 5.76 Å². The smallest absolute Gasteiger partial charge is 0.122 e. The third kappa shape index (κ3) is 1.92. The number of aryl methyl sites for hydroxylation is 1. The van der Waals surface area contributed by atoms with Gasteiger partial charge in [-0.25, -0.2) is 0 Å². The van der Waals surface area contributed by atoms with Crippen molar-refractivity contribution in [3.63, 3.8) is 0 Å². The van der Waals surface area contributed by atoms with Crippen LogP contribution in [0.5, 0.6) is 0 Å². The molecule has 86 valence electrons. The van der Waals surface area contributed by atoms with Crippen LogP contribution in [0, 0.1) is 13.8 Å². The molecule has 0 saturated carbocycles. The van der Waals surface area contributed by atoms with Gasteiger partial charge in [0, 0.05) is 5.56 Å². The topological polar surface area (TPSA) is 57.0 Å². The van der Waals surface area contributed by atoms with E-state index in [4.69, 9.17) is 10.2 Å². The lowest BCUT2D eigenvalue weighted by atomic mass is 10.2. The van der Waals surface area contributed by atoms with E-state index in [0.29, 0.717) is 13.1 Å². The minimum absolute atomic E-state index is 0.419. The van der Waals surface area contributed by atoms with Gasteiger partial charge in [0.25, 0.3) is 0 Å². The third-order valence-corrected chi connectivity index (χ3v) is 3.78. The molecule has 16 heavy (non-hydrogen) atoms. The molecule has 2 aromatic heterocycles. The first kappa shape index (κ1) is 11.4. The minimum atomic E-state index is 0.419. The van der Waals surface area contributed by atoms with Crippen LogP contribution in [-0.2, 0) is 13.1 Å². The standard InChI is InChI=1S/C11H14BrN3O/c1-7-11(12)8(2)15(14-7)6-9-3-4-16-10(9)5-13/h3-4H,5-6,13H2,1-2H3. The Morgan fingerprint density at radius 1 is 1.50 bits per heavy atom. The summed E-state index contributed by atoms with van der Waals surface area (Å²) in [6.07, 6.45) is 1.66. The molecule has 0 bridgehead atoms. The summed E-state index contributed by atoms with van der Waals surface area (Å²) in [5.41, 5.74) is 8.78. The Hall–Kier alpha value is -1.07. The molecule has 0 amide bonds. The number of nitrogens with two attached hydrogens (primary N) is 1. The lowest BCUT2D eigenvalue weighted by Crippen LogP contribution is -2.06. The van der Waals surface area contributed by atoms with E-state index in [9.17, 15) is 0 Å². The maximum Gasteiger partial charge on any atom is 0.122 e. The van der Waals surface area contributed by atoms with Crippen molar-refractivity contribution in [3.8, 4) is 0 Å². The average molecular weight is 284 g/mol. The van der Waals surface area contributed by atoms with Gasteiger partial charge in [-0.1, -0.05) is 0 Å². The highest BCUT2D eigenvalue weighted by molar-refractivity contribution is 9.10. The molecule has 0 aromatic carbocycles. The Kier molecular flexibility index (Phi) is 3.16. The highest BCUT2D eigenvalue weighted by atomic mass is 79.9. The van der Waals surface area contributed by atoms with Crippen molar-refractivity contribution in [3.05, 3.63) is 39.5 Å². The molecule has 4 nitrogen and oxygen atoms in total. The van der Waals surface area contributed by atoms with Gasteiger partial charge in [-0.2, -0.15) is 5.10 Å². The molecule has 0 unspecified atom stereocenters. The summed E-state index contributed by atoms with van der Waals surface area (Å²) < 4.78 is 8.29. The summed E-state index contributed by atoms with van der Waals surface area (Å²) in [5, 5.41) is 4.45. The first-order chi connectivity index (χ1) is 7.63. The maximum atomic E-state index is 5.59. The zero-order valence-electron chi connectivity index (χ0n) is 9.33. The van der Waals surface area contributed by atoms with Crippen molar-refractivity contribution < 1.29 is 4.42 Å². The van der Waals surface area contributed by atoms with E-state index in [2.05, 4.69) is 21.0 Å². The first-order valence-electron chi connectivity index (χ1n) is 5.08. The van der Waals surface area contributed by atoms with E-state index < -0.39 is 0 Å². The van der Waals surface area contributed by atoms with Gasteiger partial charge in [-0.3, -0.25) is 4.68 Å². The molecule has 0 atom stereocenters. The summed E-state index contributed by atoms with van der Waals surface area (Å²) in [6, 6.07) is 1.94. The quantitative estimate of drug-likeness (QED) is 0.941. The molecule has 0 spiro atoms. The van der Waals surface area contributed by atoms with Gasteiger partial charge >= 0.3 is 0 Å². The van der Waals surface area contributed by atoms with Crippen molar-refractivity contribution in [1.29, 1.82) is 0 Å². The van der Waals surface area contributed by atoms with E-state index in [1.165, 1.54) is 0 Å². The average Bonchev–Trinajstić information content (AvgIpc) is 2.81. The Balaban J connectivity index is 2.30. The third-order valence-electron chi connectivity index (χ3n) is 2.64. The van der Waals surface area contributed by atoms with E-state index in [1.54, 1.807) is 6.26 Å². The fraction of sp³-hybridized carbons (Fsp3) is 0.364. The maximum absolute atomic E-state index is 5.59. The van der Waals surface area contributed by atoms with Crippen molar-refractivity contribution in [2.24, 2.45) is 5.73 Å². The highest BCUT2D eigenvalue weighted by Crippen LogP contribution is 2.21. The van der Waals surface area contributed by atoms with Crippen LogP contribution in [0.25, 0.3) is 0 Å². The SMILES string of the molecule is Cc1nn(Cc2ccoc2CN)c(C)c1Br. The van der Waals surface area contributed by atoms with Crippen LogP contribution in [0.2, 0.25) is 0 Å². The van der Waals surface area contributed by atoms with Gasteiger partial charge in [-0.05, 0) is 35.8 Å². The molecule has 5 heteroatoms. The van der Waals surface area contributed by atoms with Crippen LogP contribution in [0.4, 0.5) is 0 Å². The number of hydrogen-bond acceptors (Lipinski definition) is 3. The predicted octanol–water partition coefficient (Wildman–Crippen LogP) is 2.36. The lowest BCUT2D eigenvalue weighted by molar-refractivity contribution is 0.503. The Morgan fingerprint density at radius 2 is 2.25 bits per heavy atom. The number of nitrogens with zero attached hydrogens (tertiary/aromatic N) is 2. The molecule has 2 heterocycles. The van der Waals surface area contributed by atoms with E-state index in [0.717, 1.165) is 27.2 Å². The molecule has 0 aliphatic heterocycles. The zero-order chi connectivity index (χ0) is 11.7. The molecule has 2 N–H and O–H groups in total. The molecule has 0 fully saturated rings. The second-order valence-corrected chi connectivity index (χ2v) is 4.51. The van der Waals surface area contributed by atoms with Crippen molar-refractivity contribution in [2.45, 2.75) is 26.9 Å². The zero-order valence-corrected chi connectivity index (χ0v) is 10.9. The van der Waals surface area contributed by atoms with Crippen molar-refractivity contribution in [1.82, 2.24) is 9.78 Å².